The van der Waals surface area contributed by atoms with Crippen molar-refractivity contribution in [1.29, 1.82) is 0 Å². The first-order valence-corrected chi connectivity index (χ1v) is 5.80. The fourth-order valence-electron chi connectivity index (χ4n) is 1.72. The van der Waals surface area contributed by atoms with Gasteiger partial charge in [-0.1, -0.05) is 27.7 Å². The van der Waals surface area contributed by atoms with Crippen LogP contribution in [0, 0.1) is 5.41 Å². The lowest BCUT2D eigenvalue weighted by Crippen LogP contribution is -2.46. The highest BCUT2D eigenvalue weighted by Crippen LogP contribution is 2.15. The molecule has 0 aliphatic rings. The van der Waals surface area contributed by atoms with Gasteiger partial charge in [0, 0.05) is 26.2 Å². The second-order valence-electron chi connectivity index (χ2n) is 5.39. The van der Waals surface area contributed by atoms with E-state index in [0.29, 0.717) is 11.5 Å². The van der Waals surface area contributed by atoms with Crippen molar-refractivity contribution in [1.82, 2.24) is 10.2 Å². The third kappa shape index (κ3) is 7.77. The van der Waals surface area contributed by atoms with Crippen LogP contribution in [0.25, 0.3) is 0 Å². The summed E-state index contributed by atoms with van der Waals surface area (Å²) in [6.45, 7) is 12.8. The van der Waals surface area contributed by atoms with E-state index in [9.17, 15) is 0 Å². The third-order valence-electron chi connectivity index (χ3n) is 2.34. The summed E-state index contributed by atoms with van der Waals surface area (Å²) in [6, 6.07) is 0.467. The maximum absolute atomic E-state index is 5.25. The Labute approximate surface area is 95.2 Å². The number of hydrogen-bond acceptors (Lipinski definition) is 3. The predicted molar refractivity (Wildman–Crippen MR) is 66.3 cm³/mol. The smallest absolute Gasteiger partial charge is 0.0630 e. The standard InChI is InChI=1S/C12H28N2O/c1-7-13-8-11(9-15-6)14(5)10-12(2,3)4/h11,13H,7-10H2,1-6H3. The molecule has 92 valence electrons. The molecule has 15 heavy (non-hydrogen) atoms. The predicted octanol–water partition coefficient (Wildman–Crippen LogP) is 1.59. The molecular weight excluding hydrogens is 188 g/mol. The van der Waals surface area contributed by atoms with Gasteiger partial charge in [-0.05, 0) is 19.0 Å². The lowest BCUT2D eigenvalue weighted by molar-refractivity contribution is 0.0853. The SMILES string of the molecule is CCNCC(COC)N(C)CC(C)(C)C. The van der Waals surface area contributed by atoms with Crippen molar-refractivity contribution < 1.29 is 4.74 Å². The van der Waals surface area contributed by atoms with E-state index in [1.165, 1.54) is 0 Å². The molecule has 0 heterocycles. The van der Waals surface area contributed by atoms with Crippen LogP contribution in [0.3, 0.4) is 0 Å². The summed E-state index contributed by atoms with van der Waals surface area (Å²) in [4.78, 5) is 2.38. The minimum absolute atomic E-state index is 0.340. The van der Waals surface area contributed by atoms with E-state index in [4.69, 9.17) is 4.74 Å². The normalized spacial score (nSPS) is 14.6. The molecule has 0 aromatic heterocycles. The van der Waals surface area contributed by atoms with Crippen molar-refractivity contribution >= 4 is 0 Å². The van der Waals surface area contributed by atoms with Crippen LogP contribution in [-0.2, 0) is 4.74 Å². The van der Waals surface area contributed by atoms with E-state index in [2.05, 4.69) is 45.0 Å². The summed E-state index contributed by atoms with van der Waals surface area (Å²) >= 11 is 0. The van der Waals surface area contributed by atoms with Crippen LogP contribution in [0.5, 0.6) is 0 Å². The molecule has 0 amide bonds. The molecule has 1 N–H and O–H groups in total. The van der Waals surface area contributed by atoms with Gasteiger partial charge in [-0.3, -0.25) is 4.90 Å². The molecule has 3 heteroatoms. The van der Waals surface area contributed by atoms with Crippen LogP contribution in [-0.4, -0.2) is 51.3 Å². The van der Waals surface area contributed by atoms with Crippen molar-refractivity contribution in [3.63, 3.8) is 0 Å². The molecule has 3 nitrogen and oxygen atoms in total. The van der Waals surface area contributed by atoms with Gasteiger partial charge in [0.25, 0.3) is 0 Å². The summed E-state index contributed by atoms with van der Waals surface area (Å²) in [5.74, 6) is 0. The zero-order chi connectivity index (χ0) is 11.9. The average molecular weight is 216 g/mol. The van der Waals surface area contributed by atoms with Gasteiger partial charge >= 0.3 is 0 Å². The van der Waals surface area contributed by atoms with E-state index in [-0.39, 0.29) is 0 Å². The van der Waals surface area contributed by atoms with Crippen LogP contribution in [0.15, 0.2) is 0 Å². The molecule has 0 aliphatic heterocycles. The number of likely N-dealkylation sites (N-methyl/N-ethyl adjacent to an activating group) is 2. The molecule has 1 unspecified atom stereocenters. The summed E-state index contributed by atoms with van der Waals surface area (Å²) in [6.07, 6.45) is 0. The molecule has 0 aliphatic carbocycles. The fourth-order valence-corrected chi connectivity index (χ4v) is 1.72. The molecular formula is C12H28N2O. The number of nitrogens with zero attached hydrogens (tertiary/aromatic N) is 1. The highest BCUT2D eigenvalue weighted by atomic mass is 16.5. The lowest BCUT2D eigenvalue weighted by Gasteiger charge is -2.33. The number of methoxy groups -OCH3 is 1. The van der Waals surface area contributed by atoms with Crippen molar-refractivity contribution in [3.8, 4) is 0 Å². The van der Waals surface area contributed by atoms with Crippen LogP contribution < -0.4 is 5.32 Å². The summed E-state index contributed by atoms with van der Waals surface area (Å²) in [5, 5.41) is 3.38. The average Bonchev–Trinajstić information content (AvgIpc) is 2.09. The van der Waals surface area contributed by atoms with E-state index in [1.807, 2.05) is 0 Å². The maximum Gasteiger partial charge on any atom is 0.0630 e. The molecule has 0 fully saturated rings. The minimum Gasteiger partial charge on any atom is -0.383 e. The highest BCUT2D eigenvalue weighted by molar-refractivity contribution is 4.75. The Morgan fingerprint density at radius 3 is 2.33 bits per heavy atom. The Morgan fingerprint density at radius 2 is 1.93 bits per heavy atom. The molecule has 1 atom stereocenters. The molecule has 0 bridgehead atoms. The van der Waals surface area contributed by atoms with Gasteiger partial charge < -0.3 is 10.1 Å². The molecule has 0 rings (SSSR count). The van der Waals surface area contributed by atoms with Crippen molar-refractivity contribution in [3.05, 3.63) is 0 Å². The first-order chi connectivity index (χ1) is 6.90. The van der Waals surface area contributed by atoms with Crippen LogP contribution in [0.4, 0.5) is 0 Å². The summed E-state index contributed by atoms with van der Waals surface area (Å²) in [5.41, 5.74) is 0.340. The number of rotatable bonds is 7. The van der Waals surface area contributed by atoms with Gasteiger partial charge in [-0.2, -0.15) is 0 Å². The zero-order valence-corrected chi connectivity index (χ0v) is 11.3. The van der Waals surface area contributed by atoms with Gasteiger partial charge in [-0.15, -0.1) is 0 Å². The van der Waals surface area contributed by atoms with Gasteiger partial charge in [-0.25, -0.2) is 0 Å². The second-order valence-corrected chi connectivity index (χ2v) is 5.39. The van der Waals surface area contributed by atoms with Crippen molar-refractivity contribution in [2.24, 2.45) is 5.41 Å². The number of ether oxygens (including phenoxy) is 1. The fraction of sp³-hybridized carbons (Fsp3) is 1.00. The summed E-state index contributed by atoms with van der Waals surface area (Å²) < 4.78 is 5.25. The van der Waals surface area contributed by atoms with E-state index in [0.717, 1.165) is 26.2 Å². The van der Waals surface area contributed by atoms with Crippen molar-refractivity contribution in [2.45, 2.75) is 33.7 Å². The van der Waals surface area contributed by atoms with E-state index >= 15 is 0 Å². The Kier molecular flexibility index (Phi) is 7.14. The summed E-state index contributed by atoms with van der Waals surface area (Å²) in [7, 11) is 3.94. The molecule has 0 aromatic carbocycles. The Hall–Kier alpha value is -0.120. The Bertz CT molecular complexity index is 154. The highest BCUT2D eigenvalue weighted by Gasteiger charge is 2.20. The van der Waals surface area contributed by atoms with Gasteiger partial charge in [0.1, 0.15) is 0 Å². The quantitative estimate of drug-likeness (QED) is 0.699. The number of hydrogen-bond donors (Lipinski definition) is 1. The monoisotopic (exact) mass is 216 g/mol. The van der Waals surface area contributed by atoms with E-state index in [1.54, 1.807) is 7.11 Å². The molecule has 0 aromatic rings. The van der Waals surface area contributed by atoms with Gasteiger partial charge in [0.15, 0.2) is 0 Å². The second kappa shape index (κ2) is 7.20. The van der Waals surface area contributed by atoms with Gasteiger partial charge in [0.05, 0.1) is 6.61 Å². The molecule has 0 spiro atoms. The maximum atomic E-state index is 5.25. The minimum atomic E-state index is 0.340. The van der Waals surface area contributed by atoms with Crippen LogP contribution >= 0.6 is 0 Å². The Balaban J connectivity index is 4.09. The first kappa shape index (κ1) is 14.9. The zero-order valence-electron chi connectivity index (χ0n) is 11.3. The van der Waals surface area contributed by atoms with Crippen LogP contribution in [0.1, 0.15) is 27.7 Å². The largest absolute Gasteiger partial charge is 0.383 e. The topological polar surface area (TPSA) is 24.5 Å². The van der Waals surface area contributed by atoms with Gasteiger partial charge in [0.2, 0.25) is 0 Å². The lowest BCUT2D eigenvalue weighted by atomic mass is 9.95. The van der Waals surface area contributed by atoms with Crippen molar-refractivity contribution in [2.75, 3.05) is 40.4 Å². The van der Waals surface area contributed by atoms with E-state index < -0.39 is 0 Å². The first-order valence-electron chi connectivity index (χ1n) is 5.80. The third-order valence-corrected chi connectivity index (χ3v) is 2.34. The molecule has 0 radical (unpaired) electrons. The number of nitrogens with one attached hydrogen (secondary N) is 1. The Morgan fingerprint density at radius 1 is 1.33 bits per heavy atom. The molecule has 0 saturated heterocycles. The molecule has 0 saturated carbocycles. The van der Waals surface area contributed by atoms with Crippen LogP contribution in [0.2, 0.25) is 0 Å².